The molecule has 4 aromatic rings. The van der Waals surface area contributed by atoms with Crippen LogP contribution in [0.4, 0.5) is 21.6 Å². The maximum Gasteiger partial charge on any atom is 0.224 e. The van der Waals surface area contributed by atoms with Gasteiger partial charge in [-0.2, -0.15) is 4.98 Å². The van der Waals surface area contributed by atoms with Crippen LogP contribution in [-0.2, 0) is 22.7 Å². The van der Waals surface area contributed by atoms with Gasteiger partial charge in [-0.25, -0.2) is 9.37 Å². The van der Waals surface area contributed by atoms with Crippen LogP contribution >= 0.6 is 43.5 Å². The Morgan fingerprint density at radius 2 is 1.61 bits per heavy atom. The van der Waals surface area contributed by atoms with Crippen LogP contribution in [0.3, 0.4) is 0 Å². The van der Waals surface area contributed by atoms with Gasteiger partial charge >= 0.3 is 0 Å². The molecule has 2 aliphatic heterocycles. The highest BCUT2D eigenvalue weighted by atomic mass is 79.9. The molecular formula is C26H22Br2ClFN4O2. The summed E-state index contributed by atoms with van der Waals surface area (Å²) in [6, 6.07) is 16.7. The van der Waals surface area contributed by atoms with Crippen LogP contribution in [0.15, 0.2) is 63.5 Å². The lowest BCUT2D eigenvalue weighted by atomic mass is 10.1. The fourth-order valence-corrected chi connectivity index (χ4v) is 5.33. The van der Waals surface area contributed by atoms with Gasteiger partial charge in [0.25, 0.3) is 0 Å². The second kappa shape index (κ2) is 11.4. The monoisotopic (exact) mass is 634 g/mol. The Balaban J connectivity index is 0.000000186. The molecule has 36 heavy (non-hydrogen) atoms. The summed E-state index contributed by atoms with van der Waals surface area (Å²) >= 11 is 13.1. The molecule has 0 atom stereocenters. The van der Waals surface area contributed by atoms with Crippen LogP contribution in [0.5, 0.6) is 0 Å². The van der Waals surface area contributed by atoms with Crippen molar-refractivity contribution in [3.63, 3.8) is 0 Å². The Hall–Kier alpha value is -2.30. The zero-order valence-electron chi connectivity index (χ0n) is 19.1. The molecule has 2 aliphatic rings. The number of hydrogen-bond donors (Lipinski definition) is 1. The molecule has 1 N–H and O–H groups in total. The first-order valence-corrected chi connectivity index (χ1v) is 13.3. The highest BCUT2D eigenvalue weighted by Crippen LogP contribution is 2.38. The molecule has 0 saturated heterocycles. The van der Waals surface area contributed by atoms with E-state index in [-0.39, 0.29) is 11.1 Å². The zero-order valence-corrected chi connectivity index (χ0v) is 23.0. The lowest BCUT2D eigenvalue weighted by Gasteiger charge is -2.25. The van der Waals surface area contributed by atoms with Crippen LogP contribution in [0, 0.1) is 5.82 Å². The molecule has 0 fully saturated rings. The molecule has 0 saturated carbocycles. The molecule has 0 unspecified atom stereocenters. The van der Waals surface area contributed by atoms with Crippen molar-refractivity contribution < 1.29 is 13.9 Å². The standard InChI is InChI=1S/C17H12BrClFN3O.C9H10BrNO/c18-11-3-1-6-14-10(11)9-24-8-7-23(14)16-15-12(20)4-2-5-13(15)21-17(19)22-16;10-8-2-1-3-9-7(8)6-12-5-4-11-9/h1-6H,7-9H2;1-3,11H,4-6H2. The molecule has 6 rings (SSSR count). The molecule has 10 heteroatoms. The predicted molar refractivity (Wildman–Crippen MR) is 148 cm³/mol. The normalized spacial score (nSPS) is 15.1. The number of hydrogen-bond acceptors (Lipinski definition) is 6. The summed E-state index contributed by atoms with van der Waals surface area (Å²) in [4.78, 5) is 10.4. The van der Waals surface area contributed by atoms with Crippen LogP contribution in [0.1, 0.15) is 11.1 Å². The lowest BCUT2D eigenvalue weighted by molar-refractivity contribution is 0.133. The molecule has 0 spiro atoms. The van der Waals surface area contributed by atoms with Crippen molar-refractivity contribution in [3.05, 3.63) is 85.8 Å². The fourth-order valence-electron chi connectivity index (χ4n) is 4.21. The summed E-state index contributed by atoms with van der Waals surface area (Å²) in [5.74, 6) is 0.0776. The molecule has 3 heterocycles. The van der Waals surface area contributed by atoms with E-state index in [0.717, 1.165) is 33.3 Å². The highest BCUT2D eigenvalue weighted by molar-refractivity contribution is 9.10. The number of nitrogens with one attached hydrogen (secondary N) is 1. The number of ether oxygens (including phenoxy) is 2. The van der Waals surface area contributed by atoms with Gasteiger partial charge in [-0.05, 0) is 48.0 Å². The number of halogens is 4. The number of anilines is 3. The van der Waals surface area contributed by atoms with E-state index < -0.39 is 0 Å². The van der Waals surface area contributed by atoms with E-state index >= 15 is 0 Å². The SMILES string of the molecule is Brc1cccc2c1COCCN2.Fc1cccc2nc(Cl)nc(N3CCOCc4c(Br)cccc43)c12. The number of benzene rings is 3. The van der Waals surface area contributed by atoms with Gasteiger partial charge < -0.3 is 19.7 Å². The maximum absolute atomic E-state index is 14.5. The second-order valence-corrected chi connectivity index (χ2v) is 10.2. The van der Waals surface area contributed by atoms with Crippen molar-refractivity contribution in [1.82, 2.24) is 9.97 Å². The first kappa shape index (κ1) is 25.4. The van der Waals surface area contributed by atoms with Crippen molar-refractivity contribution in [2.75, 3.05) is 36.5 Å². The van der Waals surface area contributed by atoms with Crippen LogP contribution < -0.4 is 10.2 Å². The summed E-state index contributed by atoms with van der Waals surface area (Å²) in [7, 11) is 0. The second-order valence-electron chi connectivity index (χ2n) is 8.14. The van der Waals surface area contributed by atoms with Crippen LogP contribution in [0.25, 0.3) is 10.9 Å². The molecule has 3 aromatic carbocycles. The molecule has 0 radical (unpaired) electrons. The Bertz CT molecular complexity index is 1410. The molecular weight excluding hydrogens is 615 g/mol. The van der Waals surface area contributed by atoms with Crippen molar-refractivity contribution >= 4 is 71.6 Å². The minimum Gasteiger partial charge on any atom is -0.382 e. The third-order valence-electron chi connectivity index (χ3n) is 5.90. The molecule has 0 aliphatic carbocycles. The van der Waals surface area contributed by atoms with Crippen molar-refractivity contribution in [1.29, 1.82) is 0 Å². The Morgan fingerprint density at radius 3 is 2.47 bits per heavy atom. The van der Waals surface area contributed by atoms with E-state index in [1.807, 2.05) is 35.2 Å². The average Bonchev–Trinajstić information content (AvgIpc) is 3.24. The van der Waals surface area contributed by atoms with E-state index in [1.165, 1.54) is 17.3 Å². The topological polar surface area (TPSA) is 59.5 Å². The Labute approximate surface area is 230 Å². The summed E-state index contributed by atoms with van der Waals surface area (Å²) in [6.45, 7) is 3.89. The largest absolute Gasteiger partial charge is 0.382 e. The van der Waals surface area contributed by atoms with E-state index in [4.69, 9.17) is 21.1 Å². The molecule has 0 amide bonds. The Kier molecular flexibility index (Phi) is 8.03. The van der Waals surface area contributed by atoms with Gasteiger partial charge in [-0.15, -0.1) is 0 Å². The number of aromatic nitrogens is 2. The first-order chi connectivity index (χ1) is 17.5. The average molecular weight is 637 g/mol. The van der Waals surface area contributed by atoms with Gasteiger partial charge in [-0.3, -0.25) is 0 Å². The lowest BCUT2D eigenvalue weighted by Crippen LogP contribution is -2.22. The van der Waals surface area contributed by atoms with Gasteiger partial charge in [0.1, 0.15) is 11.6 Å². The number of rotatable bonds is 1. The third-order valence-corrected chi connectivity index (χ3v) is 7.55. The quantitative estimate of drug-likeness (QED) is 0.222. The van der Waals surface area contributed by atoms with Gasteiger partial charge in [0, 0.05) is 44.5 Å². The minimum absolute atomic E-state index is 0.0878. The van der Waals surface area contributed by atoms with Gasteiger partial charge in [0.05, 0.1) is 37.3 Å². The third kappa shape index (κ3) is 5.35. The minimum atomic E-state index is -0.374. The number of fused-ring (bicyclic) bond motifs is 3. The number of nitrogens with zero attached hydrogens (tertiary/aromatic N) is 3. The summed E-state index contributed by atoms with van der Waals surface area (Å²) in [5.41, 5.74) is 4.79. The highest BCUT2D eigenvalue weighted by Gasteiger charge is 2.23. The van der Waals surface area contributed by atoms with Gasteiger partial charge in [0.15, 0.2) is 0 Å². The first-order valence-electron chi connectivity index (χ1n) is 11.4. The van der Waals surface area contributed by atoms with E-state index in [2.05, 4.69) is 53.2 Å². The van der Waals surface area contributed by atoms with Crippen LogP contribution in [0.2, 0.25) is 5.28 Å². The van der Waals surface area contributed by atoms with E-state index in [1.54, 1.807) is 12.1 Å². The molecule has 1 aromatic heterocycles. The van der Waals surface area contributed by atoms with Gasteiger partial charge in [-0.1, -0.05) is 50.1 Å². The maximum atomic E-state index is 14.5. The van der Waals surface area contributed by atoms with E-state index in [0.29, 0.717) is 43.1 Å². The predicted octanol–water partition coefficient (Wildman–Crippen LogP) is 7.24. The van der Waals surface area contributed by atoms with Crippen molar-refractivity contribution in [2.24, 2.45) is 0 Å². The molecule has 186 valence electrons. The summed E-state index contributed by atoms with van der Waals surface area (Å²) < 4.78 is 27.7. The van der Waals surface area contributed by atoms with Crippen LogP contribution in [-0.4, -0.2) is 36.3 Å². The zero-order chi connectivity index (χ0) is 25.1. The van der Waals surface area contributed by atoms with E-state index in [9.17, 15) is 4.39 Å². The van der Waals surface area contributed by atoms with Crippen molar-refractivity contribution in [2.45, 2.75) is 13.2 Å². The molecule has 6 nitrogen and oxygen atoms in total. The smallest absolute Gasteiger partial charge is 0.224 e. The molecule has 0 bridgehead atoms. The Morgan fingerprint density at radius 1 is 0.889 bits per heavy atom. The van der Waals surface area contributed by atoms with Gasteiger partial charge in [0.2, 0.25) is 5.28 Å². The van der Waals surface area contributed by atoms with Crippen molar-refractivity contribution in [3.8, 4) is 0 Å². The summed E-state index contributed by atoms with van der Waals surface area (Å²) in [6.07, 6.45) is 0. The fraction of sp³-hybridized carbons (Fsp3) is 0.231. The summed E-state index contributed by atoms with van der Waals surface area (Å²) in [5, 5.41) is 3.75.